The van der Waals surface area contributed by atoms with Crippen LogP contribution in [0.5, 0.6) is 0 Å². The van der Waals surface area contributed by atoms with Crippen LogP contribution in [-0.4, -0.2) is 35.6 Å². The number of fused-ring (bicyclic) bond motifs is 1. The maximum Gasteiger partial charge on any atom is 0.416 e. The van der Waals surface area contributed by atoms with Crippen molar-refractivity contribution < 1.29 is 18.0 Å². The summed E-state index contributed by atoms with van der Waals surface area (Å²) in [7, 11) is 1.72. The molecule has 1 aliphatic heterocycles. The number of benzene rings is 1. The Hall–Kier alpha value is -3.20. The van der Waals surface area contributed by atoms with Gasteiger partial charge in [0.25, 0.3) is 5.91 Å². The average Bonchev–Trinajstić information content (AvgIpc) is 3.13. The van der Waals surface area contributed by atoms with Crippen molar-refractivity contribution in [3.8, 4) is 0 Å². The predicted molar refractivity (Wildman–Crippen MR) is 121 cm³/mol. The van der Waals surface area contributed by atoms with Gasteiger partial charge in [0.1, 0.15) is 0 Å². The minimum absolute atomic E-state index is 0.00539. The third-order valence-electron chi connectivity index (χ3n) is 5.65. The van der Waals surface area contributed by atoms with E-state index in [4.69, 9.17) is 5.41 Å². The number of alkyl halides is 3. The van der Waals surface area contributed by atoms with E-state index in [9.17, 15) is 18.0 Å². The molecular weight excluding hydrogens is 431 g/mol. The van der Waals surface area contributed by atoms with Gasteiger partial charge in [-0.1, -0.05) is 26.0 Å². The minimum Gasteiger partial charge on any atom is -0.390 e. The summed E-state index contributed by atoms with van der Waals surface area (Å²) in [6, 6.07) is 7.07. The van der Waals surface area contributed by atoms with Crippen LogP contribution >= 0.6 is 0 Å². The molecule has 0 saturated carbocycles. The summed E-state index contributed by atoms with van der Waals surface area (Å²) in [5.41, 5.74) is 3.11. The fourth-order valence-electron chi connectivity index (χ4n) is 4.06. The molecule has 0 radical (unpaired) electrons. The molecule has 3 N–H and O–H groups in total. The van der Waals surface area contributed by atoms with E-state index in [2.05, 4.69) is 34.4 Å². The number of rotatable bonds is 8. The number of hydrogen-bond donors (Lipinski definition) is 3. The van der Waals surface area contributed by atoms with Crippen molar-refractivity contribution in [3.63, 3.8) is 0 Å². The predicted octanol–water partition coefficient (Wildman–Crippen LogP) is 4.30. The van der Waals surface area contributed by atoms with Gasteiger partial charge in [-0.15, -0.1) is 0 Å². The van der Waals surface area contributed by atoms with E-state index >= 15 is 0 Å². The van der Waals surface area contributed by atoms with Crippen molar-refractivity contribution in [2.45, 2.75) is 39.2 Å². The highest BCUT2D eigenvalue weighted by Gasteiger charge is 2.35. The fourth-order valence-corrected chi connectivity index (χ4v) is 4.06. The van der Waals surface area contributed by atoms with E-state index in [0.717, 1.165) is 35.2 Å². The molecule has 1 aliphatic rings. The van der Waals surface area contributed by atoms with Gasteiger partial charge in [-0.25, -0.2) is 0 Å². The van der Waals surface area contributed by atoms with Gasteiger partial charge in [-0.2, -0.15) is 13.2 Å². The molecule has 1 aromatic carbocycles. The molecule has 2 heterocycles. The first kappa shape index (κ1) is 24.4. The third kappa shape index (κ3) is 5.78. The maximum atomic E-state index is 12.9. The van der Waals surface area contributed by atoms with Gasteiger partial charge in [0.05, 0.1) is 29.4 Å². The Morgan fingerprint density at radius 1 is 1.30 bits per heavy atom. The van der Waals surface area contributed by atoms with Gasteiger partial charge in [0, 0.05) is 38.2 Å². The number of likely N-dealkylation sites (N-methyl/N-ethyl adjacent to an activating group) is 1. The van der Waals surface area contributed by atoms with Crippen LogP contribution in [0.2, 0.25) is 0 Å². The number of nitrogens with zero attached hydrogens (tertiary/aromatic N) is 2. The molecule has 1 amide bonds. The van der Waals surface area contributed by atoms with E-state index in [1.807, 2.05) is 6.07 Å². The highest BCUT2D eigenvalue weighted by atomic mass is 19.4. The van der Waals surface area contributed by atoms with Crippen molar-refractivity contribution in [1.82, 2.24) is 20.5 Å². The Kier molecular flexibility index (Phi) is 7.53. The van der Waals surface area contributed by atoms with E-state index < -0.39 is 11.7 Å². The first-order chi connectivity index (χ1) is 15.6. The normalized spacial score (nSPS) is 16.6. The zero-order valence-corrected chi connectivity index (χ0v) is 18.8. The minimum atomic E-state index is -4.35. The van der Waals surface area contributed by atoms with Gasteiger partial charge in [0.15, 0.2) is 0 Å². The van der Waals surface area contributed by atoms with Crippen molar-refractivity contribution in [2.75, 3.05) is 13.6 Å². The summed E-state index contributed by atoms with van der Waals surface area (Å²) in [5, 5.41) is 12.9. The molecule has 0 aliphatic carbocycles. The van der Waals surface area contributed by atoms with E-state index in [1.165, 1.54) is 12.1 Å². The highest BCUT2D eigenvalue weighted by molar-refractivity contribution is 5.94. The molecule has 1 atom stereocenters. The fraction of sp³-hybridized carbons (Fsp3) is 0.375. The molecule has 0 spiro atoms. The number of pyridine rings is 1. The molecule has 1 unspecified atom stereocenters. The van der Waals surface area contributed by atoms with E-state index in [-0.39, 0.29) is 24.4 Å². The molecular formula is C24H28F3N5O. The lowest BCUT2D eigenvalue weighted by Gasteiger charge is -2.27. The van der Waals surface area contributed by atoms with Gasteiger partial charge < -0.3 is 16.0 Å². The molecule has 9 heteroatoms. The topological polar surface area (TPSA) is 81.1 Å². The van der Waals surface area contributed by atoms with E-state index in [1.54, 1.807) is 19.3 Å². The Bertz CT molecular complexity index is 1030. The molecule has 33 heavy (non-hydrogen) atoms. The standard InChI is InChI=1S/C24H28F3N5O/c1-15(2)22-21-18(10-17(11-30-21)23(33)31-12-20(29-3)8-9-28)14-32(22)13-16-4-6-19(7-5-16)24(25,26)27/h4-11,15,22,28-29H,12-14H2,1-3H3,(H,31,33)/b20-8-,28-9?. The van der Waals surface area contributed by atoms with Gasteiger partial charge in [-0.3, -0.25) is 14.7 Å². The van der Waals surface area contributed by atoms with Crippen molar-refractivity contribution in [2.24, 2.45) is 5.92 Å². The van der Waals surface area contributed by atoms with Crippen molar-refractivity contribution >= 4 is 12.1 Å². The van der Waals surface area contributed by atoms with Crippen LogP contribution in [0, 0.1) is 11.3 Å². The Morgan fingerprint density at radius 3 is 2.58 bits per heavy atom. The maximum absolute atomic E-state index is 12.9. The highest BCUT2D eigenvalue weighted by Crippen LogP contribution is 2.39. The summed E-state index contributed by atoms with van der Waals surface area (Å²) in [6.45, 7) is 5.46. The number of carbonyl (C=O) groups is 1. The van der Waals surface area contributed by atoms with Crippen LogP contribution in [-0.2, 0) is 19.3 Å². The van der Waals surface area contributed by atoms with Crippen LogP contribution < -0.4 is 10.6 Å². The van der Waals surface area contributed by atoms with Gasteiger partial charge in [-0.05, 0) is 41.3 Å². The first-order valence-electron chi connectivity index (χ1n) is 10.7. The van der Waals surface area contributed by atoms with E-state index in [0.29, 0.717) is 24.4 Å². The zero-order valence-electron chi connectivity index (χ0n) is 18.8. The van der Waals surface area contributed by atoms with Crippen LogP contribution in [0.15, 0.2) is 48.3 Å². The quantitative estimate of drug-likeness (QED) is 0.515. The number of halogens is 3. The van der Waals surface area contributed by atoms with Crippen LogP contribution in [0.4, 0.5) is 13.2 Å². The Labute approximate surface area is 191 Å². The SMILES string of the molecule is CN/C(=C\C=N)CNC(=O)c1cnc2c(c1)CN(Cc1ccc(C(F)(F)F)cc1)C2C(C)C. The number of allylic oxidation sites excluding steroid dienone is 1. The number of amides is 1. The number of hydrogen-bond acceptors (Lipinski definition) is 5. The van der Waals surface area contributed by atoms with Crippen LogP contribution in [0.1, 0.15) is 52.6 Å². The molecule has 0 fully saturated rings. The molecule has 6 nitrogen and oxygen atoms in total. The van der Waals surface area contributed by atoms with Crippen LogP contribution in [0.3, 0.4) is 0 Å². The molecule has 2 aromatic rings. The zero-order chi connectivity index (χ0) is 24.2. The second-order valence-electron chi connectivity index (χ2n) is 8.35. The molecule has 0 bridgehead atoms. The smallest absolute Gasteiger partial charge is 0.390 e. The van der Waals surface area contributed by atoms with Gasteiger partial charge in [0.2, 0.25) is 0 Å². The Morgan fingerprint density at radius 2 is 2.00 bits per heavy atom. The summed E-state index contributed by atoms with van der Waals surface area (Å²) >= 11 is 0. The second kappa shape index (κ2) is 10.2. The lowest BCUT2D eigenvalue weighted by Crippen LogP contribution is -2.29. The monoisotopic (exact) mass is 459 g/mol. The largest absolute Gasteiger partial charge is 0.416 e. The Balaban J connectivity index is 1.75. The lowest BCUT2D eigenvalue weighted by atomic mass is 9.99. The number of carbonyl (C=O) groups excluding carboxylic acids is 1. The van der Waals surface area contributed by atoms with Gasteiger partial charge >= 0.3 is 6.18 Å². The summed E-state index contributed by atoms with van der Waals surface area (Å²) in [4.78, 5) is 19.4. The molecule has 176 valence electrons. The van der Waals surface area contributed by atoms with Crippen molar-refractivity contribution in [3.05, 3.63) is 76.2 Å². The summed E-state index contributed by atoms with van der Waals surface area (Å²) in [5.74, 6) is -0.0314. The third-order valence-corrected chi connectivity index (χ3v) is 5.65. The average molecular weight is 460 g/mol. The summed E-state index contributed by atoms with van der Waals surface area (Å²) in [6.07, 6.45) is -0.0860. The molecule has 0 saturated heterocycles. The second-order valence-corrected chi connectivity index (χ2v) is 8.35. The molecule has 1 aromatic heterocycles. The number of nitrogens with one attached hydrogen (secondary N) is 3. The molecule has 3 rings (SSSR count). The first-order valence-corrected chi connectivity index (χ1v) is 10.7. The lowest BCUT2D eigenvalue weighted by molar-refractivity contribution is -0.137. The number of aromatic nitrogens is 1. The van der Waals surface area contributed by atoms with Crippen molar-refractivity contribution in [1.29, 1.82) is 5.41 Å². The summed E-state index contributed by atoms with van der Waals surface area (Å²) < 4.78 is 38.6. The van der Waals surface area contributed by atoms with Crippen LogP contribution in [0.25, 0.3) is 0 Å².